The summed E-state index contributed by atoms with van der Waals surface area (Å²) in [5.74, 6) is -2.58. The van der Waals surface area contributed by atoms with E-state index in [1.54, 1.807) is 0 Å². The number of amides is 6. The molecule has 4 atom stereocenters. The third kappa shape index (κ3) is 4.19. The zero-order valence-electron chi connectivity index (χ0n) is 19.8. The zero-order chi connectivity index (χ0) is 27.6. The molecule has 4 fully saturated rings. The number of nitrogens with two attached hydrogens (primary N) is 2. The largest absolute Gasteiger partial charge is 0.442 e. The topological polar surface area (TPSA) is 264 Å². The van der Waals surface area contributed by atoms with Crippen LogP contribution < -0.4 is 11.5 Å². The first-order valence-corrected chi connectivity index (χ1v) is 13.0. The van der Waals surface area contributed by atoms with Crippen LogP contribution in [-0.2, 0) is 19.0 Å². The summed E-state index contributed by atoms with van der Waals surface area (Å²) >= 11 is 0. The number of urea groups is 2. The highest BCUT2D eigenvalue weighted by Crippen LogP contribution is 2.40. The van der Waals surface area contributed by atoms with Crippen molar-refractivity contribution in [1.29, 1.82) is 0 Å². The van der Waals surface area contributed by atoms with Gasteiger partial charge in [-0.15, -0.1) is 8.57 Å². The maximum absolute atomic E-state index is 13.0. The Morgan fingerprint density at radius 2 is 1.18 bits per heavy atom. The number of carbonyl (C=O) groups excluding carboxylic acids is 4. The quantitative estimate of drug-likeness (QED) is 0.361. The lowest BCUT2D eigenvalue weighted by atomic mass is 10.0. The zero-order valence-corrected chi connectivity index (χ0v) is 20.6. The summed E-state index contributed by atoms with van der Waals surface area (Å²) < 4.78 is 45.7. The second-order valence-electron chi connectivity index (χ2n) is 9.21. The van der Waals surface area contributed by atoms with Gasteiger partial charge in [-0.3, -0.25) is 9.59 Å². The van der Waals surface area contributed by atoms with Crippen molar-refractivity contribution in [3.05, 3.63) is 23.4 Å². The monoisotopic (exact) mass is 568 g/mol. The molecule has 208 valence electrons. The first kappa shape index (κ1) is 24.9. The van der Waals surface area contributed by atoms with Gasteiger partial charge in [-0.25, -0.2) is 9.59 Å². The molecule has 0 unspecified atom stereocenters. The molecule has 20 nitrogen and oxygen atoms in total. The number of primary amides is 2. The van der Waals surface area contributed by atoms with Crippen LogP contribution in [0.4, 0.5) is 9.59 Å². The number of rotatable bonds is 8. The van der Waals surface area contributed by atoms with E-state index in [0.29, 0.717) is 35.8 Å². The molecule has 4 saturated heterocycles. The predicted octanol–water partition coefficient (Wildman–Crippen LogP) is -1.66. The number of aromatic nitrogens is 4. The molecule has 0 saturated carbocycles. The highest BCUT2D eigenvalue weighted by molar-refractivity contribution is 7.81. The average Bonchev–Trinajstić information content (AvgIpc) is 3.67. The summed E-state index contributed by atoms with van der Waals surface area (Å²) in [4.78, 5) is 58.9. The van der Waals surface area contributed by atoms with Gasteiger partial charge in [0.05, 0.1) is 12.1 Å². The van der Waals surface area contributed by atoms with Crippen molar-refractivity contribution in [2.24, 2.45) is 11.5 Å². The number of hydrogen-bond donors (Lipinski definition) is 2. The number of fused-ring (bicyclic) bond motifs is 4. The summed E-state index contributed by atoms with van der Waals surface area (Å²) in [6.07, 6.45) is 1.23. The van der Waals surface area contributed by atoms with E-state index in [1.807, 2.05) is 0 Å². The molecule has 6 amide bonds. The van der Waals surface area contributed by atoms with Gasteiger partial charge in [0.25, 0.3) is 23.5 Å². The minimum atomic E-state index is -4.94. The fourth-order valence-electron chi connectivity index (χ4n) is 5.13. The van der Waals surface area contributed by atoms with Crippen LogP contribution in [-0.4, -0.2) is 97.7 Å². The van der Waals surface area contributed by atoms with Crippen LogP contribution in [0.5, 0.6) is 0 Å². The lowest BCUT2D eigenvalue weighted by Crippen LogP contribution is -2.41. The molecule has 2 aromatic rings. The summed E-state index contributed by atoms with van der Waals surface area (Å²) in [5, 5.41) is 8.24. The first-order valence-electron chi connectivity index (χ1n) is 11.6. The van der Waals surface area contributed by atoms with E-state index in [-0.39, 0.29) is 36.5 Å². The lowest BCUT2D eigenvalue weighted by Gasteiger charge is -2.27. The molecular formula is C18H20N10O10S. The number of hydrogen-bond acceptors (Lipinski definition) is 14. The molecular weight excluding hydrogens is 548 g/mol. The van der Waals surface area contributed by atoms with Crippen molar-refractivity contribution in [1.82, 2.24) is 40.2 Å². The normalized spacial score (nSPS) is 26.6. The van der Waals surface area contributed by atoms with E-state index >= 15 is 0 Å². The van der Waals surface area contributed by atoms with Crippen molar-refractivity contribution in [2.45, 2.75) is 49.9 Å². The van der Waals surface area contributed by atoms with E-state index in [1.165, 1.54) is 9.80 Å². The van der Waals surface area contributed by atoms with Crippen molar-refractivity contribution < 1.29 is 45.2 Å². The van der Waals surface area contributed by atoms with Crippen LogP contribution >= 0.6 is 0 Å². The third-order valence-corrected chi connectivity index (χ3v) is 7.57. The fourth-order valence-corrected chi connectivity index (χ4v) is 5.92. The minimum Gasteiger partial charge on any atom is -0.363 e. The SMILES string of the molecule is NC(=O)c1noc([C@@H]2CC[C@@H]3CN2C(=O)N3OS(=O)(=O)ON2C(=O)N3C[C@H]2CC[C@H]3c2nc(C(N)=O)no2)n1. The maximum atomic E-state index is 13.0. The van der Waals surface area contributed by atoms with Crippen molar-refractivity contribution in [2.75, 3.05) is 13.1 Å². The van der Waals surface area contributed by atoms with Gasteiger partial charge in [0.2, 0.25) is 11.8 Å². The molecule has 39 heavy (non-hydrogen) atoms. The summed E-state index contributed by atoms with van der Waals surface area (Å²) in [6.45, 7) is 0.150. The smallest absolute Gasteiger partial charge is 0.363 e. The molecule has 6 heterocycles. The Labute approximate surface area is 217 Å². The van der Waals surface area contributed by atoms with Crippen LogP contribution in [0.3, 0.4) is 0 Å². The van der Waals surface area contributed by atoms with Gasteiger partial charge in [0.1, 0.15) is 12.1 Å². The summed E-state index contributed by atoms with van der Waals surface area (Å²) in [6, 6.07) is -4.38. The van der Waals surface area contributed by atoms with Crippen LogP contribution in [0.15, 0.2) is 9.05 Å². The number of nitrogens with zero attached hydrogens (tertiary/aromatic N) is 8. The Morgan fingerprint density at radius 3 is 1.54 bits per heavy atom. The number of piperidine rings is 2. The second kappa shape index (κ2) is 8.84. The van der Waals surface area contributed by atoms with Crippen LogP contribution in [0, 0.1) is 0 Å². The maximum Gasteiger partial charge on any atom is 0.442 e. The molecule has 2 aromatic heterocycles. The Bertz CT molecular complexity index is 1370. The number of carbonyl (C=O) groups is 4. The molecule has 4 bridgehead atoms. The molecule has 4 aliphatic heterocycles. The van der Waals surface area contributed by atoms with Crippen molar-refractivity contribution in [3.8, 4) is 0 Å². The first-order chi connectivity index (χ1) is 18.5. The van der Waals surface area contributed by atoms with Gasteiger partial charge in [0.15, 0.2) is 0 Å². The average molecular weight is 568 g/mol. The predicted molar refractivity (Wildman–Crippen MR) is 116 cm³/mol. The summed E-state index contributed by atoms with van der Waals surface area (Å²) in [5.41, 5.74) is 10.3. The highest BCUT2D eigenvalue weighted by atomic mass is 32.3. The number of hydroxylamine groups is 4. The summed E-state index contributed by atoms with van der Waals surface area (Å²) in [7, 11) is -4.94. The minimum absolute atomic E-state index is 0.0284. The fraction of sp³-hybridized carbons (Fsp3) is 0.556. The second-order valence-corrected chi connectivity index (χ2v) is 10.3. The van der Waals surface area contributed by atoms with Gasteiger partial charge < -0.3 is 30.3 Å². The van der Waals surface area contributed by atoms with E-state index in [2.05, 4.69) is 20.3 Å². The van der Waals surface area contributed by atoms with Gasteiger partial charge in [-0.05, 0) is 25.7 Å². The van der Waals surface area contributed by atoms with Crippen molar-refractivity contribution in [3.63, 3.8) is 0 Å². The Balaban J connectivity index is 1.13. The lowest BCUT2D eigenvalue weighted by molar-refractivity contribution is -0.0841. The van der Waals surface area contributed by atoms with Crippen LogP contribution in [0.1, 0.15) is 70.8 Å². The molecule has 0 aromatic carbocycles. The van der Waals surface area contributed by atoms with Gasteiger partial charge in [0, 0.05) is 13.1 Å². The van der Waals surface area contributed by atoms with E-state index in [0.717, 1.165) is 0 Å². The van der Waals surface area contributed by atoms with Crippen LogP contribution in [0.25, 0.3) is 0 Å². The molecule has 6 rings (SSSR count). The molecule has 4 aliphatic rings. The van der Waals surface area contributed by atoms with Crippen molar-refractivity contribution >= 4 is 34.3 Å². The van der Waals surface area contributed by atoms with Gasteiger partial charge in [-0.2, -0.15) is 28.5 Å². The standard InChI is InChI=1S/C18H20N10O10S/c19-11(29)13-21-15(35-23-13)9-3-1-7-5-25(9)17(31)27(7)37-39(33,34)38-28-8-2-4-10(26(6-8)18(28)32)16-22-14(12(20)30)24-36-16/h7-10H,1-6H2,(H2,19,29)(H2,20,30)/t7-,8-,9+,10+/m1/s1. The molecule has 21 heteroatoms. The Morgan fingerprint density at radius 1 is 0.769 bits per heavy atom. The van der Waals surface area contributed by atoms with Gasteiger partial charge in [-0.1, -0.05) is 10.3 Å². The van der Waals surface area contributed by atoms with E-state index in [4.69, 9.17) is 29.1 Å². The van der Waals surface area contributed by atoms with E-state index in [9.17, 15) is 27.6 Å². The Hall–Kier alpha value is -4.37. The highest BCUT2D eigenvalue weighted by Gasteiger charge is 2.52. The Kier molecular flexibility index (Phi) is 5.65. The molecule has 0 aliphatic carbocycles. The molecule has 0 radical (unpaired) electrons. The van der Waals surface area contributed by atoms with Crippen LogP contribution in [0.2, 0.25) is 0 Å². The van der Waals surface area contributed by atoms with E-state index < -0.39 is 58.4 Å². The molecule has 0 spiro atoms. The molecule has 4 N–H and O–H groups in total. The third-order valence-electron chi connectivity index (χ3n) is 6.88. The van der Waals surface area contributed by atoms with Gasteiger partial charge >= 0.3 is 22.5 Å².